The number of aromatic nitrogens is 2. The molecule has 18 heavy (non-hydrogen) atoms. The minimum atomic E-state index is -0.908. The van der Waals surface area contributed by atoms with Crippen LogP contribution in [0.1, 0.15) is 44.0 Å². The maximum absolute atomic E-state index is 11.3. The number of aromatic carboxylic acids is 1. The predicted molar refractivity (Wildman–Crippen MR) is 70.9 cm³/mol. The van der Waals surface area contributed by atoms with Gasteiger partial charge < -0.3 is 9.67 Å². The molecule has 1 N–H and O–H groups in total. The number of benzene rings is 1. The van der Waals surface area contributed by atoms with Crippen molar-refractivity contribution in [2.45, 2.75) is 39.2 Å². The minimum absolute atomic E-state index is 0.130. The number of nitrogens with zero attached hydrogens (tertiary/aromatic N) is 2. The molecule has 1 heterocycles. The molecule has 0 aliphatic heterocycles. The molecule has 2 rings (SSSR count). The molecular weight excluding hydrogens is 228 g/mol. The number of fused-ring (bicyclic) bond motifs is 1. The van der Waals surface area contributed by atoms with Crippen molar-refractivity contribution >= 4 is 17.0 Å². The van der Waals surface area contributed by atoms with Gasteiger partial charge in [-0.25, -0.2) is 9.78 Å². The summed E-state index contributed by atoms with van der Waals surface area (Å²) in [4.78, 5) is 15.6. The average molecular weight is 246 g/mol. The zero-order chi connectivity index (χ0) is 13.3. The number of carboxylic acid groups (broad SMARTS) is 1. The maximum atomic E-state index is 11.3. The summed E-state index contributed by atoms with van der Waals surface area (Å²) in [5, 5.41) is 9.28. The van der Waals surface area contributed by atoms with Crippen LogP contribution in [0.3, 0.4) is 0 Å². The first-order valence-corrected chi connectivity index (χ1v) is 6.17. The number of hydrogen-bond acceptors (Lipinski definition) is 2. The Labute approximate surface area is 106 Å². The second-order valence-electron chi connectivity index (χ2n) is 5.16. The van der Waals surface area contributed by atoms with Crippen LogP contribution in [-0.2, 0) is 5.54 Å². The van der Waals surface area contributed by atoms with Gasteiger partial charge in [0, 0.05) is 5.54 Å². The lowest BCUT2D eigenvalue weighted by atomic mass is 9.98. The van der Waals surface area contributed by atoms with Gasteiger partial charge in [-0.1, -0.05) is 19.4 Å². The van der Waals surface area contributed by atoms with E-state index in [1.807, 2.05) is 10.6 Å². The van der Waals surface area contributed by atoms with Gasteiger partial charge in [0.2, 0.25) is 0 Å². The lowest BCUT2D eigenvalue weighted by Gasteiger charge is -2.27. The largest absolute Gasteiger partial charge is 0.478 e. The molecule has 0 bridgehead atoms. The molecule has 0 atom stereocenters. The molecular formula is C14H18N2O2. The van der Waals surface area contributed by atoms with Crippen molar-refractivity contribution in [1.82, 2.24) is 9.55 Å². The molecule has 0 fully saturated rings. The summed E-state index contributed by atoms with van der Waals surface area (Å²) in [7, 11) is 0. The second-order valence-corrected chi connectivity index (χ2v) is 5.16. The van der Waals surface area contributed by atoms with E-state index in [1.165, 1.54) is 0 Å². The summed E-state index contributed by atoms with van der Waals surface area (Å²) in [5.74, 6) is -0.908. The number of para-hydroxylation sites is 1. The third-order valence-electron chi connectivity index (χ3n) is 3.31. The van der Waals surface area contributed by atoms with Crippen LogP contribution in [-0.4, -0.2) is 20.6 Å². The molecule has 2 aromatic rings. The van der Waals surface area contributed by atoms with Gasteiger partial charge >= 0.3 is 5.97 Å². The average Bonchev–Trinajstić information content (AvgIpc) is 2.72. The summed E-state index contributed by atoms with van der Waals surface area (Å²) in [6.45, 7) is 6.34. The van der Waals surface area contributed by atoms with E-state index in [2.05, 4.69) is 25.8 Å². The van der Waals surface area contributed by atoms with Gasteiger partial charge in [0.05, 0.1) is 22.9 Å². The molecule has 0 spiro atoms. The lowest BCUT2D eigenvalue weighted by Crippen LogP contribution is -2.25. The third kappa shape index (κ3) is 1.98. The van der Waals surface area contributed by atoms with Crippen molar-refractivity contribution in [3.63, 3.8) is 0 Å². The monoisotopic (exact) mass is 246 g/mol. The summed E-state index contributed by atoms with van der Waals surface area (Å²) in [6.07, 6.45) is 3.76. The van der Waals surface area contributed by atoms with Crippen molar-refractivity contribution in [2.75, 3.05) is 0 Å². The Morgan fingerprint density at radius 2 is 2.17 bits per heavy atom. The highest BCUT2D eigenvalue weighted by molar-refractivity contribution is 6.01. The number of rotatable bonds is 4. The molecule has 1 aromatic carbocycles. The molecule has 4 nitrogen and oxygen atoms in total. The van der Waals surface area contributed by atoms with E-state index in [-0.39, 0.29) is 5.54 Å². The summed E-state index contributed by atoms with van der Waals surface area (Å²) in [6, 6.07) is 5.21. The molecule has 0 amide bonds. The summed E-state index contributed by atoms with van der Waals surface area (Å²) >= 11 is 0. The molecule has 96 valence electrons. The van der Waals surface area contributed by atoms with E-state index in [1.54, 1.807) is 18.5 Å². The molecule has 0 radical (unpaired) electrons. The Bertz CT molecular complexity index is 584. The van der Waals surface area contributed by atoms with Crippen molar-refractivity contribution in [3.8, 4) is 0 Å². The van der Waals surface area contributed by atoms with Gasteiger partial charge in [0.25, 0.3) is 0 Å². The van der Waals surface area contributed by atoms with Gasteiger partial charge in [-0.3, -0.25) is 0 Å². The van der Waals surface area contributed by atoms with Gasteiger partial charge in [0.15, 0.2) is 0 Å². The molecule has 0 saturated carbocycles. The minimum Gasteiger partial charge on any atom is -0.478 e. The maximum Gasteiger partial charge on any atom is 0.337 e. The molecule has 1 aromatic heterocycles. The van der Waals surface area contributed by atoms with Crippen LogP contribution in [0.5, 0.6) is 0 Å². The smallest absolute Gasteiger partial charge is 0.337 e. The fraction of sp³-hybridized carbons (Fsp3) is 0.429. The molecule has 0 saturated heterocycles. The zero-order valence-corrected chi connectivity index (χ0v) is 11.0. The Balaban J connectivity index is 2.69. The second kappa shape index (κ2) is 4.44. The first-order chi connectivity index (χ1) is 8.47. The number of carboxylic acids is 1. The van der Waals surface area contributed by atoms with Crippen LogP contribution in [0.15, 0.2) is 24.5 Å². The van der Waals surface area contributed by atoms with Crippen LogP contribution in [0, 0.1) is 0 Å². The van der Waals surface area contributed by atoms with Gasteiger partial charge in [-0.15, -0.1) is 0 Å². The van der Waals surface area contributed by atoms with Crippen molar-refractivity contribution < 1.29 is 9.90 Å². The van der Waals surface area contributed by atoms with E-state index in [0.29, 0.717) is 11.1 Å². The number of hydrogen-bond donors (Lipinski definition) is 1. The Hall–Kier alpha value is -1.84. The number of imidazole rings is 1. The van der Waals surface area contributed by atoms with Crippen molar-refractivity contribution in [3.05, 3.63) is 30.1 Å². The highest BCUT2D eigenvalue weighted by atomic mass is 16.4. The van der Waals surface area contributed by atoms with Crippen LogP contribution in [0.25, 0.3) is 11.0 Å². The standard InChI is InChI=1S/C14H18N2O2/c1-4-8-14(2,3)16-9-15-11-7-5-6-10(12(11)16)13(17)18/h5-7,9H,4,8H2,1-3H3,(H,17,18). The zero-order valence-electron chi connectivity index (χ0n) is 11.0. The highest BCUT2D eigenvalue weighted by Gasteiger charge is 2.23. The quantitative estimate of drug-likeness (QED) is 0.900. The van der Waals surface area contributed by atoms with E-state index in [0.717, 1.165) is 18.4 Å². The van der Waals surface area contributed by atoms with Gasteiger partial charge in [0.1, 0.15) is 0 Å². The Morgan fingerprint density at radius 1 is 1.44 bits per heavy atom. The van der Waals surface area contributed by atoms with Gasteiger partial charge in [-0.05, 0) is 32.4 Å². The molecule has 0 aliphatic carbocycles. The normalized spacial score (nSPS) is 11.9. The Morgan fingerprint density at radius 3 is 2.78 bits per heavy atom. The van der Waals surface area contributed by atoms with Crippen LogP contribution in [0.4, 0.5) is 0 Å². The SMILES string of the molecule is CCCC(C)(C)n1cnc2cccc(C(=O)O)c21. The van der Waals surface area contributed by atoms with Crippen molar-refractivity contribution in [2.24, 2.45) is 0 Å². The van der Waals surface area contributed by atoms with Crippen LogP contribution < -0.4 is 0 Å². The summed E-state index contributed by atoms with van der Waals surface area (Å²) in [5.41, 5.74) is 1.63. The lowest BCUT2D eigenvalue weighted by molar-refractivity contribution is 0.0698. The highest BCUT2D eigenvalue weighted by Crippen LogP contribution is 2.28. The Kier molecular flexibility index (Phi) is 3.11. The van der Waals surface area contributed by atoms with E-state index >= 15 is 0 Å². The fourth-order valence-electron chi connectivity index (χ4n) is 2.43. The van der Waals surface area contributed by atoms with Crippen LogP contribution >= 0.6 is 0 Å². The predicted octanol–water partition coefficient (Wildman–Crippen LogP) is 3.27. The first kappa shape index (κ1) is 12.6. The topological polar surface area (TPSA) is 55.1 Å². The molecule has 4 heteroatoms. The number of carbonyl (C=O) groups is 1. The first-order valence-electron chi connectivity index (χ1n) is 6.17. The van der Waals surface area contributed by atoms with E-state index in [9.17, 15) is 9.90 Å². The van der Waals surface area contributed by atoms with E-state index in [4.69, 9.17) is 0 Å². The van der Waals surface area contributed by atoms with Crippen LogP contribution in [0.2, 0.25) is 0 Å². The van der Waals surface area contributed by atoms with E-state index < -0.39 is 5.97 Å². The summed E-state index contributed by atoms with van der Waals surface area (Å²) < 4.78 is 1.98. The molecule has 0 aliphatic rings. The van der Waals surface area contributed by atoms with Gasteiger partial charge in [-0.2, -0.15) is 0 Å². The molecule has 0 unspecified atom stereocenters. The fourth-order valence-corrected chi connectivity index (χ4v) is 2.43. The third-order valence-corrected chi connectivity index (χ3v) is 3.31. The van der Waals surface area contributed by atoms with Crippen molar-refractivity contribution in [1.29, 1.82) is 0 Å².